The normalized spacial score (nSPS) is 28.1. The Balaban J connectivity index is 2.24. The van der Waals surface area contributed by atoms with E-state index in [9.17, 15) is 0 Å². The van der Waals surface area contributed by atoms with Gasteiger partial charge < -0.3 is 15.2 Å². The maximum atomic E-state index is 8.73. The maximum Gasteiger partial charge on any atom is 0.0656 e. The van der Waals surface area contributed by atoms with Crippen molar-refractivity contribution in [3.8, 4) is 0 Å². The predicted molar refractivity (Wildman–Crippen MR) is 66.5 cm³/mol. The van der Waals surface area contributed by atoms with Gasteiger partial charge in [0.05, 0.1) is 6.10 Å². The number of ether oxygens (including phenoxy) is 1. The fourth-order valence-electron chi connectivity index (χ4n) is 2.18. The topological polar surface area (TPSA) is 41.5 Å². The van der Waals surface area contributed by atoms with Gasteiger partial charge in [0.2, 0.25) is 0 Å². The minimum absolute atomic E-state index is 0.227. The second-order valence-electron chi connectivity index (χ2n) is 5.86. The highest BCUT2D eigenvalue weighted by molar-refractivity contribution is 5.02. The highest BCUT2D eigenvalue weighted by Crippen LogP contribution is 2.42. The van der Waals surface area contributed by atoms with E-state index in [1.54, 1.807) is 0 Å². The molecule has 0 aromatic rings. The molecule has 2 N–H and O–H groups in total. The standard InChI is InChI=1S/C13H27NO2/c1-10(2)9-16-12-8-11(13(12,3)4)14-6-5-7-15/h10-12,14-15H,5-9H2,1-4H3. The molecule has 0 heterocycles. The number of hydrogen-bond acceptors (Lipinski definition) is 3. The average Bonchev–Trinajstić information content (AvgIpc) is 2.20. The van der Waals surface area contributed by atoms with E-state index >= 15 is 0 Å². The lowest BCUT2D eigenvalue weighted by molar-refractivity contribution is -0.123. The van der Waals surface area contributed by atoms with Crippen LogP contribution in [0.1, 0.15) is 40.5 Å². The fourth-order valence-corrected chi connectivity index (χ4v) is 2.18. The third-order valence-corrected chi connectivity index (χ3v) is 3.53. The molecule has 2 atom stereocenters. The first kappa shape index (κ1) is 13.9. The smallest absolute Gasteiger partial charge is 0.0656 e. The molecule has 0 amide bonds. The van der Waals surface area contributed by atoms with Gasteiger partial charge in [0.1, 0.15) is 0 Å². The van der Waals surface area contributed by atoms with E-state index in [-0.39, 0.29) is 12.0 Å². The molecule has 1 fully saturated rings. The van der Waals surface area contributed by atoms with Crippen molar-refractivity contribution in [1.29, 1.82) is 0 Å². The number of aliphatic hydroxyl groups excluding tert-OH is 1. The van der Waals surface area contributed by atoms with Crippen molar-refractivity contribution in [2.75, 3.05) is 19.8 Å². The predicted octanol–water partition coefficient (Wildman–Crippen LogP) is 1.80. The Bertz CT molecular complexity index is 204. The van der Waals surface area contributed by atoms with Gasteiger partial charge in [-0.25, -0.2) is 0 Å². The third-order valence-electron chi connectivity index (χ3n) is 3.53. The molecule has 1 rings (SSSR count). The van der Waals surface area contributed by atoms with Crippen LogP contribution < -0.4 is 5.32 Å². The van der Waals surface area contributed by atoms with Gasteiger partial charge in [0.15, 0.2) is 0 Å². The molecule has 0 aromatic heterocycles. The Hall–Kier alpha value is -0.120. The van der Waals surface area contributed by atoms with E-state index in [4.69, 9.17) is 9.84 Å². The van der Waals surface area contributed by atoms with Crippen molar-refractivity contribution in [2.45, 2.75) is 52.7 Å². The molecule has 0 spiro atoms. The van der Waals surface area contributed by atoms with Crippen LogP contribution in [-0.4, -0.2) is 37.0 Å². The summed E-state index contributed by atoms with van der Waals surface area (Å²) in [7, 11) is 0. The average molecular weight is 229 g/mol. The largest absolute Gasteiger partial charge is 0.396 e. The summed E-state index contributed by atoms with van der Waals surface area (Å²) in [6.07, 6.45) is 2.33. The van der Waals surface area contributed by atoms with Gasteiger partial charge in [-0.2, -0.15) is 0 Å². The summed E-state index contributed by atoms with van der Waals surface area (Å²) in [6, 6.07) is 0.538. The van der Waals surface area contributed by atoms with Gasteiger partial charge in [-0.05, 0) is 25.3 Å². The van der Waals surface area contributed by atoms with Gasteiger partial charge in [0, 0.05) is 24.7 Å². The minimum atomic E-state index is 0.227. The third kappa shape index (κ3) is 3.44. The maximum absolute atomic E-state index is 8.73. The lowest BCUT2D eigenvalue weighted by Crippen LogP contribution is -2.61. The second kappa shape index (κ2) is 5.99. The summed E-state index contributed by atoms with van der Waals surface area (Å²) in [6.45, 7) is 10.9. The van der Waals surface area contributed by atoms with Crippen molar-refractivity contribution in [3.05, 3.63) is 0 Å². The molecule has 0 bridgehead atoms. The summed E-state index contributed by atoms with van der Waals surface area (Å²) < 4.78 is 5.90. The van der Waals surface area contributed by atoms with Crippen molar-refractivity contribution >= 4 is 0 Å². The van der Waals surface area contributed by atoms with Crippen LogP contribution in [0.25, 0.3) is 0 Å². The molecule has 16 heavy (non-hydrogen) atoms. The zero-order chi connectivity index (χ0) is 12.2. The van der Waals surface area contributed by atoms with Crippen LogP contribution in [0.2, 0.25) is 0 Å². The first-order valence-corrected chi connectivity index (χ1v) is 6.44. The lowest BCUT2D eigenvalue weighted by atomic mass is 9.64. The van der Waals surface area contributed by atoms with Crippen LogP contribution in [0.5, 0.6) is 0 Å². The summed E-state index contributed by atoms with van der Waals surface area (Å²) >= 11 is 0. The van der Waals surface area contributed by atoms with Crippen molar-refractivity contribution in [1.82, 2.24) is 5.32 Å². The Morgan fingerprint density at radius 1 is 1.44 bits per heavy atom. The van der Waals surface area contributed by atoms with Crippen LogP contribution in [-0.2, 0) is 4.74 Å². The van der Waals surface area contributed by atoms with Gasteiger partial charge in [0.25, 0.3) is 0 Å². The van der Waals surface area contributed by atoms with Crippen LogP contribution in [0, 0.1) is 11.3 Å². The first-order chi connectivity index (χ1) is 7.48. The van der Waals surface area contributed by atoms with Crippen molar-refractivity contribution < 1.29 is 9.84 Å². The molecule has 3 heteroatoms. The van der Waals surface area contributed by atoms with E-state index in [1.165, 1.54) is 0 Å². The molecule has 0 aliphatic heterocycles. The van der Waals surface area contributed by atoms with Gasteiger partial charge >= 0.3 is 0 Å². The second-order valence-corrected chi connectivity index (χ2v) is 5.86. The number of nitrogens with one attached hydrogen (secondary N) is 1. The van der Waals surface area contributed by atoms with Crippen molar-refractivity contribution in [3.63, 3.8) is 0 Å². The van der Waals surface area contributed by atoms with Gasteiger partial charge in [-0.3, -0.25) is 0 Å². The molecule has 0 saturated heterocycles. The van der Waals surface area contributed by atoms with E-state index < -0.39 is 0 Å². The Morgan fingerprint density at radius 2 is 2.12 bits per heavy atom. The summed E-state index contributed by atoms with van der Waals surface area (Å²) in [5.74, 6) is 0.609. The monoisotopic (exact) mass is 229 g/mol. The number of aliphatic hydroxyl groups is 1. The summed E-state index contributed by atoms with van der Waals surface area (Å²) in [5, 5.41) is 12.2. The summed E-state index contributed by atoms with van der Waals surface area (Å²) in [4.78, 5) is 0. The van der Waals surface area contributed by atoms with Crippen molar-refractivity contribution in [2.24, 2.45) is 11.3 Å². The highest BCUT2D eigenvalue weighted by Gasteiger charge is 2.48. The highest BCUT2D eigenvalue weighted by atomic mass is 16.5. The van der Waals surface area contributed by atoms with E-state index in [2.05, 4.69) is 33.0 Å². The van der Waals surface area contributed by atoms with Crippen LogP contribution in [0.15, 0.2) is 0 Å². The zero-order valence-corrected chi connectivity index (χ0v) is 11.1. The molecule has 0 aromatic carbocycles. The van der Waals surface area contributed by atoms with E-state index in [1.807, 2.05) is 0 Å². The molecule has 1 saturated carbocycles. The summed E-state index contributed by atoms with van der Waals surface area (Å²) in [5.41, 5.74) is 0.227. The minimum Gasteiger partial charge on any atom is -0.396 e. The Morgan fingerprint density at radius 3 is 2.62 bits per heavy atom. The zero-order valence-electron chi connectivity index (χ0n) is 11.1. The molecule has 96 valence electrons. The molecule has 1 aliphatic rings. The lowest BCUT2D eigenvalue weighted by Gasteiger charge is -2.52. The molecular weight excluding hydrogens is 202 g/mol. The van der Waals surface area contributed by atoms with E-state index in [0.29, 0.717) is 18.1 Å². The Labute approximate surface area is 99.6 Å². The SMILES string of the molecule is CC(C)COC1CC(NCCCO)C1(C)C. The first-order valence-electron chi connectivity index (χ1n) is 6.44. The fraction of sp³-hybridized carbons (Fsp3) is 1.00. The van der Waals surface area contributed by atoms with E-state index in [0.717, 1.165) is 26.0 Å². The van der Waals surface area contributed by atoms with Crippen LogP contribution >= 0.6 is 0 Å². The number of rotatable bonds is 7. The molecule has 2 unspecified atom stereocenters. The molecule has 0 radical (unpaired) electrons. The van der Waals surface area contributed by atoms with Crippen LogP contribution in [0.3, 0.4) is 0 Å². The molecule has 3 nitrogen and oxygen atoms in total. The van der Waals surface area contributed by atoms with Crippen LogP contribution in [0.4, 0.5) is 0 Å². The Kier molecular flexibility index (Phi) is 5.22. The van der Waals surface area contributed by atoms with Gasteiger partial charge in [-0.1, -0.05) is 27.7 Å². The quantitative estimate of drug-likeness (QED) is 0.654. The van der Waals surface area contributed by atoms with Gasteiger partial charge in [-0.15, -0.1) is 0 Å². The number of hydrogen-bond donors (Lipinski definition) is 2. The molecular formula is C13H27NO2. The molecule has 1 aliphatic carbocycles.